The molecule has 1 aromatic carbocycles. The van der Waals surface area contributed by atoms with Crippen molar-refractivity contribution in [1.82, 2.24) is 0 Å². The molecule has 0 atom stereocenters. The third-order valence-electron chi connectivity index (χ3n) is 3.40. The van der Waals surface area contributed by atoms with Gasteiger partial charge in [-0.05, 0) is 12.8 Å². The van der Waals surface area contributed by atoms with Crippen molar-refractivity contribution >= 4 is 0 Å². The first-order valence-corrected chi connectivity index (χ1v) is 8.13. The van der Waals surface area contributed by atoms with Crippen LogP contribution < -0.4 is 9.47 Å². The smallest absolute Gasteiger partial charge is 0.136 e. The lowest BCUT2D eigenvalue weighted by molar-refractivity contribution is 0.297. The number of hydrogen-bond acceptors (Lipinski definition) is 2. The number of hydrogen-bond donors (Lipinski definition) is 0. The second kappa shape index (κ2) is 10.6. The molecular formula is C20H26O2. The monoisotopic (exact) mass is 298 g/mol. The van der Waals surface area contributed by atoms with Crippen molar-refractivity contribution < 1.29 is 9.47 Å². The van der Waals surface area contributed by atoms with Crippen LogP contribution in [-0.4, -0.2) is 13.2 Å². The van der Waals surface area contributed by atoms with Crippen molar-refractivity contribution in [2.45, 2.75) is 52.4 Å². The SMILES string of the molecule is C#Cc1cc(OCCCCC)c(C#C)cc1OCCCCC. The molecule has 0 N–H and O–H groups in total. The van der Waals surface area contributed by atoms with Crippen LogP contribution in [0.1, 0.15) is 63.5 Å². The van der Waals surface area contributed by atoms with Crippen LogP contribution in [0.25, 0.3) is 0 Å². The van der Waals surface area contributed by atoms with Gasteiger partial charge in [0.15, 0.2) is 0 Å². The van der Waals surface area contributed by atoms with E-state index < -0.39 is 0 Å². The molecule has 0 spiro atoms. The molecule has 1 rings (SSSR count). The molecule has 0 bridgehead atoms. The molecule has 0 saturated heterocycles. The molecule has 0 amide bonds. The van der Waals surface area contributed by atoms with Crippen molar-refractivity contribution in [3.8, 4) is 36.2 Å². The van der Waals surface area contributed by atoms with Crippen molar-refractivity contribution in [3.05, 3.63) is 23.3 Å². The molecule has 0 radical (unpaired) electrons. The molecule has 0 saturated carbocycles. The zero-order valence-corrected chi connectivity index (χ0v) is 13.8. The molecule has 0 fully saturated rings. The van der Waals surface area contributed by atoms with Crippen LogP contribution in [0, 0.1) is 24.7 Å². The van der Waals surface area contributed by atoms with Crippen LogP contribution in [0.4, 0.5) is 0 Å². The number of terminal acetylenes is 2. The van der Waals surface area contributed by atoms with E-state index in [1.54, 1.807) is 0 Å². The Balaban J connectivity index is 2.79. The summed E-state index contributed by atoms with van der Waals surface area (Å²) in [6.07, 6.45) is 17.8. The minimum absolute atomic E-state index is 0.656. The fourth-order valence-corrected chi connectivity index (χ4v) is 2.09. The fourth-order valence-electron chi connectivity index (χ4n) is 2.09. The van der Waals surface area contributed by atoms with Crippen LogP contribution in [-0.2, 0) is 0 Å². The average molecular weight is 298 g/mol. The Morgan fingerprint density at radius 1 is 0.773 bits per heavy atom. The van der Waals surface area contributed by atoms with Crippen molar-refractivity contribution in [2.24, 2.45) is 0 Å². The third-order valence-corrected chi connectivity index (χ3v) is 3.40. The minimum Gasteiger partial charge on any atom is -0.492 e. The molecule has 0 unspecified atom stereocenters. The van der Waals surface area contributed by atoms with E-state index in [1.165, 1.54) is 0 Å². The first kappa shape index (κ1) is 18.0. The minimum atomic E-state index is 0.656. The van der Waals surface area contributed by atoms with E-state index >= 15 is 0 Å². The lowest BCUT2D eigenvalue weighted by Gasteiger charge is -2.13. The fraction of sp³-hybridized carbons (Fsp3) is 0.500. The van der Waals surface area contributed by atoms with Gasteiger partial charge in [0.2, 0.25) is 0 Å². The Morgan fingerprint density at radius 2 is 1.18 bits per heavy atom. The first-order chi connectivity index (χ1) is 10.8. The predicted octanol–water partition coefficient (Wildman–Crippen LogP) is 4.79. The quantitative estimate of drug-likeness (QED) is 0.457. The van der Waals surface area contributed by atoms with Crippen LogP contribution in [0.5, 0.6) is 11.5 Å². The average Bonchev–Trinajstić information content (AvgIpc) is 2.55. The maximum Gasteiger partial charge on any atom is 0.136 e. The van der Waals surface area contributed by atoms with E-state index in [1.807, 2.05) is 12.1 Å². The van der Waals surface area contributed by atoms with Gasteiger partial charge in [0.1, 0.15) is 11.5 Å². The standard InChI is InChI=1S/C20H26O2/c1-5-9-11-13-21-19-15-18(8-4)20(16-17(19)7-3)22-14-12-10-6-2/h3-4,15-16H,5-6,9-14H2,1-2H3. The molecule has 0 heterocycles. The summed E-state index contributed by atoms with van der Waals surface area (Å²) >= 11 is 0. The van der Waals surface area contributed by atoms with Gasteiger partial charge in [-0.2, -0.15) is 0 Å². The van der Waals surface area contributed by atoms with Crippen LogP contribution in [0.3, 0.4) is 0 Å². The van der Waals surface area contributed by atoms with E-state index in [2.05, 4.69) is 25.7 Å². The number of ether oxygens (including phenoxy) is 2. The van der Waals surface area contributed by atoms with Gasteiger partial charge in [-0.1, -0.05) is 51.4 Å². The highest BCUT2D eigenvalue weighted by atomic mass is 16.5. The topological polar surface area (TPSA) is 18.5 Å². The van der Waals surface area contributed by atoms with Gasteiger partial charge in [0.05, 0.1) is 24.3 Å². The van der Waals surface area contributed by atoms with Gasteiger partial charge in [-0.25, -0.2) is 0 Å². The molecule has 0 aliphatic rings. The molecular weight excluding hydrogens is 272 g/mol. The summed E-state index contributed by atoms with van der Waals surface area (Å²) in [6, 6.07) is 3.63. The zero-order chi connectivity index (χ0) is 16.2. The first-order valence-electron chi connectivity index (χ1n) is 8.13. The lowest BCUT2D eigenvalue weighted by Crippen LogP contribution is -2.03. The van der Waals surface area contributed by atoms with Gasteiger partial charge < -0.3 is 9.47 Å². The maximum atomic E-state index is 5.78. The van der Waals surface area contributed by atoms with Crippen molar-refractivity contribution in [3.63, 3.8) is 0 Å². The van der Waals surface area contributed by atoms with E-state index in [0.29, 0.717) is 35.8 Å². The summed E-state index contributed by atoms with van der Waals surface area (Å²) in [5, 5.41) is 0. The van der Waals surface area contributed by atoms with Crippen LogP contribution >= 0.6 is 0 Å². The lowest BCUT2D eigenvalue weighted by atomic mass is 10.1. The second-order valence-corrected chi connectivity index (χ2v) is 5.24. The van der Waals surface area contributed by atoms with E-state index in [4.69, 9.17) is 22.3 Å². The second-order valence-electron chi connectivity index (χ2n) is 5.24. The van der Waals surface area contributed by atoms with E-state index in [9.17, 15) is 0 Å². The molecule has 118 valence electrons. The summed E-state index contributed by atoms with van der Waals surface area (Å²) < 4.78 is 11.6. The predicted molar refractivity (Wildman–Crippen MR) is 92.4 cm³/mol. The normalized spacial score (nSPS) is 9.82. The van der Waals surface area contributed by atoms with Crippen LogP contribution in [0.15, 0.2) is 12.1 Å². The Bertz CT molecular complexity index is 482. The Morgan fingerprint density at radius 3 is 1.50 bits per heavy atom. The Hall–Kier alpha value is -2.06. The van der Waals surface area contributed by atoms with Gasteiger partial charge in [-0.15, -0.1) is 12.8 Å². The molecule has 0 aromatic heterocycles. The molecule has 2 nitrogen and oxygen atoms in total. The van der Waals surface area contributed by atoms with Gasteiger partial charge >= 0.3 is 0 Å². The van der Waals surface area contributed by atoms with Gasteiger partial charge in [-0.3, -0.25) is 0 Å². The molecule has 0 aliphatic carbocycles. The highest BCUT2D eigenvalue weighted by Gasteiger charge is 2.10. The number of benzene rings is 1. The molecule has 22 heavy (non-hydrogen) atoms. The molecule has 2 heteroatoms. The summed E-state index contributed by atoms with van der Waals surface area (Å²) in [4.78, 5) is 0. The summed E-state index contributed by atoms with van der Waals surface area (Å²) in [5.74, 6) is 6.66. The third kappa shape index (κ3) is 5.74. The van der Waals surface area contributed by atoms with Gasteiger partial charge in [0.25, 0.3) is 0 Å². The maximum absolute atomic E-state index is 5.78. The largest absolute Gasteiger partial charge is 0.492 e. The van der Waals surface area contributed by atoms with Crippen molar-refractivity contribution in [1.29, 1.82) is 0 Å². The number of rotatable bonds is 10. The van der Waals surface area contributed by atoms with Crippen LogP contribution in [0.2, 0.25) is 0 Å². The molecule has 1 aromatic rings. The Labute approximate surface area is 135 Å². The van der Waals surface area contributed by atoms with E-state index in [-0.39, 0.29) is 0 Å². The summed E-state index contributed by atoms with van der Waals surface area (Å²) in [5.41, 5.74) is 1.39. The molecule has 0 aliphatic heterocycles. The van der Waals surface area contributed by atoms with E-state index in [0.717, 1.165) is 38.5 Å². The number of unbranched alkanes of at least 4 members (excludes halogenated alkanes) is 4. The van der Waals surface area contributed by atoms with Crippen molar-refractivity contribution in [2.75, 3.05) is 13.2 Å². The summed E-state index contributed by atoms with van der Waals surface area (Å²) in [6.45, 7) is 5.63. The summed E-state index contributed by atoms with van der Waals surface area (Å²) in [7, 11) is 0. The zero-order valence-electron chi connectivity index (χ0n) is 13.8. The van der Waals surface area contributed by atoms with Gasteiger partial charge in [0, 0.05) is 12.1 Å². The highest BCUT2D eigenvalue weighted by molar-refractivity contribution is 5.57. The highest BCUT2D eigenvalue weighted by Crippen LogP contribution is 2.28. The Kier molecular flexibility index (Phi) is 8.70.